The van der Waals surface area contributed by atoms with Crippen LogP contribution >= 0.6 is 23.1 Å². The molecule has 0 bridgehead atoms. The van der Waals surface area contributed by atoms with Crippen LogP contribution in [0.3, 0.4) is 0 Å². The Labute approximate surface area is 104 Å². The first-order valence-corrected chi connectivity index (χ1v) is 7.18. The van der Waals surface area contributed by atoms with Gasteiger partial charge in [0.25, 0.3) is 0 Å². The van der Waals surface area contributed by atoms with Crippen molar-refractivity contribution in [2.75, 3.05) is 19.8 Å². The van der Waals surface area contributed by atoms with Gasteiger partial charge in [-0.05, 0) is 11.4 Å². The topological polar surface area (TPSA) is 29.5 Å². The molecule has 0 saturated carbocycles. The lowest BCUT2D eigenvalue weighted by atomic mass is 10.2. The molecule has 1 aromatic rings. The van der Waals surface area contributed by atoms with Crippen molar-refractivity contribution in [3.8, 4) is 11.8 Å². The lowest BCUT2D eigenvalue weighted by Gasteiger charge is -2.24. The van der Waals surface area contributed by atoms with Crippen molar-refractivity contribution >= 4 is 23.1 Å². The Morgan fingerprint density at radius 2 is 2.44 bits per heavy atom. The summed E-state index contributed by atoms with van der Waals surface area (Å²) in [5, 5.41) is 11.4. The van der Waals surface area contributed by atoms with Crippen molar-refractivity contribution in [3.05, 3.63) is 21.9 Å². The lowest BCUT2D eigenvalue weighted by molar-refractivity contribution is 0.0455. The zero-order valence-electron chi connectivity index (χ0n) is 8.94. The third-order valence-corrected chi connectivity index (χ3v) is 4.57. The van der Waals surface area contributed by atoms with E-state index in [1.807, 2.05) is 11.8 Å². The number of ether oxygens (including phenoxy) is 1. The summed E-state index contributed by atoms with van der Waals surface area (Å²) in [4.78, 5) is 1.34. The third-order valence-electron chi connectivity index (χ3n) is 2.26. The zero-order valence-corrected chi connectivity index (χ0v) is 10.6. The maximum absolute atomic E-state index is 8.66. The summed E-state index contributed by atoms with van der Waals surface area (Å²) in [6.07, 6.45) is 0.554. The quantitative estimate of drug-likeness (QED) is 0.835. The third kappa shape index (κ3) is 3.26. The number of thioether (sulfide) groups is 1. The summed E-state index contributed by atoms with van der Waals surface area (Å²) < 4.78 is 5.14. The summed E-state index contributed by atoms with van der Waals surface area (Å²) in [6.45, 7) is 1.92. The van der Waals surface area contributed by atoms with Gasteiger partial charge < -0.3 is 9.84 Å². The van der Waals surface area contributed by atoms with Crippen molar-refractivity contribution in [2.24, 2.45) is 0 Å². The Morgan fingerprint density at radius 3 is 3.12 bits per heavy atom. The van der Waals surface area contributed by atoms with Gasteiger partial charge in [-0.1, -0.05) is 11.8 Å². The molecule has 0 amide bonds. The molecule has 0 aromatic carbocycles. The van der Waals surface area contributed by atoms with Crippen LogP contribution in [0.1, 0.15) is 16.9 Å². The van der Waals surface area contributed by atoms with Crippen molar-refractivity contribution in [1.82, 2.24) is 0 Å². The minimum Gasteiger partial charge on any atom is -0.395 e. The van der Waals surface area contributed by atoms with Crippen LogP contribution in [-0.4, -0.2) is 30.2 Å². The fourth-order valence-electron chi connectivity index (χ4n) is 1.28. The van der Waals surface area contributed by atoms with E-state index in [2.05, 4.69) is 23.3 Å². The summed E-state index contributed by atoms with van der Waals surface area (Å²) in [5.74, 6) is 7.10. The molecule has 4 heteroatoms. The molecule has 0 unspecified atom stereocenters. The van der Waals surface area contributed by atoms with Gasteiger partial charge in [0, 0.05) is 22.6 Å². The molecule has 2 rings (SSSR count). The molecule has 2 nitrogen and oxygen atoms in total. The van der Waals surface area contributed by atoms with E-state index < -0.39 is 0 Å². The molecule has 0 spiro atoms. The smallest absolute Gasteiger partial charge is 0.0608 e. The molecule has 1 fully saturated rings. The molecule has 2 heterocycles. The first-order valence-electron chi connectivity index (χ1n) is 5.25. The van der Waals surface area contributed by atoms with Crippen LogP contribution in [-0.2, 0) is 10.5 Å². The number of thiophene rings is 1. The average Bonchev–Trinajstić information content (AvgIpc) is 2.64. The van der Waals surface area contributed by atoms with Crippen molar-refractivity contribution in [2.45, 2.75) is 17.4 Å². The highest BCUT2D eigenvalue weighted by molar-refractivity contribution is 7.99. The fourth-order valence-corrected chi connectivity index (χ4v) is 3.30. The van der Waals surface area contributed by atoms with Crippen LogP contribution in [0.4, 0.5) is 0 Å². The first-order chi connectivity index (χ1) is 7.90. The minimum atomic E-state index is 0.140. The second-order valence-corrected chi connectivity index (χ2v) is 5.79. The van der Waals surface area contributed by atoms with Gasteiger partial charge in [0.1, 0.15) is 0 Å². The van der Waals surface area contributed by atoms with E-state index in [4.69, 9.17) is 9.84 Å². The highest BCUT2D eigenvalue weighted by Gasteiger charge is 2.19. The SMILES string of the molecule is OCCC#Cc1ccsc1CSC1COC1. The normalized spacial score (nSPS) is 15.3. The van der Waals surface area contributed by atoms with Crippen LogP contribution in [0.5, 0.6) is 0 Å². The summed E-state index contributed by atoms with van der Waals surface area (Å²) >= 11 is 3.70. The largest absolute Gasteiger partial charge is 0.395 e. The minimum absolute atomic E-state index is 0.140. The van der Waals surface area contributed by atoms with Gasteiger partial charge in [0.05, 0.1) is 25.1 Å². The highest BCUT2D eigenvalue weighted by atomic mass is 32.2. The molecule has 1 aromatic heterocycles. The van der Waals surface area contributed by atoms with Crippen molar-refractivity contribution in [1.29, 1.82) is 0 Å². The van der Waals surface area contributed by atoms with E-state index in [1.165, 1.54) is 4.88 Å². The maximum atomic E-state index is 8.66. The Kier molecular flexibility index (Phi) is 4.73. The Balaban J connectivity index is 1.88. The Hall–Kier alpha value is -0.470. The predicted octanol–water partition coefficient (Wildman–Crippen LogP) is 2.11. The van der Waals surface area contributed by atoms with Gasteiger partial charge in [-0.15, -0.1) is 23.1 Å². The van der Waals surface area contributed by atoms with Crippen molar-refractivity contribution < 1.29 is 9.84 Å². The van der Waals surface area contributed by atoms with E-state index >= 15 is 0 Å². The summed E-state index contributed by atoms with van der Waals surface area (Å²) in [6, 6.07) is 2.06. The molecular formula is C12H14O2S2. The standard InChI is InChI=1S/C12H14O2S2/c13-5-2-1-3-10-4-6-15-12(10)9-16-11-7-14-8-11/h4,6,11,13H,2,5,7-9H2. The van der Waals surface area contributed by atoms with E-state index in [1.54, 1.807) is 11.3 Å². The average molecular weight is 254 g/mol. The fraction of sp³-hybridized carbons (Fsp3) is 0.500. The molecule has 0 atom stereocenters. The maximum Gasteiger partial charge on any atom is 0.0608 e. The van der Waals surface area contributed by atoms with Gasteiger partial charge >= 0.3 is 0 Å². The second kappa shape index (κ2) is 6.31. The molecule has 86 valence electrons. The second-order valence-electron chi connectivity index (χ2n) is 3.50. The number of rotatable bonds is 4. The van der Waals surface area contributed by atoms with E-state index in [0.717, 1.165) is 24.5 Å². The monoisotopic (exact) mass is 254 g/mol. The van der Waals surface area contributed by atoms with Gasteiger partial charge in [-0.25, -0.2) is 0 Å². The van der Waals surface area contributed by atoms with Crippen LogP contribution in [0.15, 0.2) is 11.4 Å². The Bertz CT molecular complexity index is 385. The number of aliphatic hydroxyl groups is 1. The molecular weight excluding hydrogens is 240 g/mol. The molecule has 0 aliphatic carbocycles. The van der Waals surface area contributed by atoms with Gasteiger partial charge in [0.15, 0.2) is 0 Å². The molecule has 1 N–H and O–H groups in total. The molecule has 1 aliphatic heterocycles. The van der Waals surface area contributed by atoms with Gasteiger partial charge in [0.2, 0.25) is 0 Å². The number of hydrogen-bond donors (Lipinski definition) is 1. The molecule has 1 saturated heterocycles. The summed E-state index contributed by atoms with van der Waals surface area (Å²) in [7, 11) is 0. The zero-order chi connectivity index (χ0) is 11.2. The lowest BCUT2D eigenvalue weighted by Crippen LogP contribution is -2.30. The number of hydrogen-bond acceptors (Lipinski definition) is 4. The summed E-state index contributed by atoms with van der Waals surface area (Å²) in [5.41, 5.74) is 1.12. The molecule has 1 aliphatic rings. The van der Waals surface area contributed by atoms with E-state index in [-0.39, 0.29) is 6.61 Å². The Morgan fingerprint density at radius 1 is 1.56 bits per heavy atom. The highest BCUT2D eigenvalue weighted by Crippen LogP contribution is 2.27. The van der Waals surface area contributed by atoms with Crippen LogP contribution in [0, 0.1) is 11.8 Å². The first kappa shape index (κ1) is 12.0. The molecule has 16 heavy (non-hydrogen) atoms. The van der Waals surface area contributed by atoms with Crippen LogP contribution in [0.25, 0.3) is 0 Å². The van der Waals surface area contributed by atoms with Crippen molar-refractivity contribution in [3.63, 3.8) is 0 Å². The number of aliphatic hydroxyl groups excluding tert-OH is 1. The molecule has 0 radical (unpaired) electrons. The van der Waals surface area contributed by atoms with E-state index in [9.17, 15) is 0 Å². The van der Waals surface area contributed by atoms with Gasteiger partial charge in [-0.2, -0.15) is 0 Å². The van der Waals surface area contributed by atoms with Crippen LogP contribution in [0.2, 0.25) is 0 Å². The predicted molar refractivity (Wildman–Crippen MR) is 68.8 cm³/mol. The van der Waals surface area contributed by atoms with Crippen LogP contribution < -0.4 is 0 Å². The van der Waals surface area contributed by atoms with E-state index in [0.29, 0.717) is 11.7 Å². The van der Waals surface area contributed by atoms with Gasteiger partial charge in [-0.3, -0.25) is 0 Å².